The van der Waals surface area contributed by atoms with Gasteiger partial charge in [0.2, 0.25) is 0 Å². The van der Waals surface area contributed by atoms with Crippen LogP contribution in [0.1, 0.15) is 406 Å². The molecule has 77 heavy (non-hydrogen) atoms. The van der Waals surface area contributed by atoms with Gasteiger partial charge in [0.1, 0.15) is 13.2 Å². The van der Waals surface area contributed by atoms with Gasteiger partial charge >= 0.3 is 17.9 Å². The van der Waals surface area contributed by atoms with Gasteiger partial charge in [-0.3, -0.25) is 14.4 Å². The van der Waals surface area contributed by atoms with E-state index in [1.54, 1.807) is 0 Å². The second-order valence-corrected chi connectivity index (χ2v) is 24.2. The van der Waals surface area contributed by atoms with Gasteiger partial charge < -0.3 is 14.2 Å². The highest BCUT2D eigenvalue weighted by Crippen LogP contribution is 2.19. The fourth-order valence-electron chi connectivity index (χ4n) is 11.0. The molecule has 0 fully saturated rings. The Balaban J connectivity index is 4.01. The van der Waals surface area contributed by atoms with Crippen molar-refractivity contribution in [2.24, 2.45) is 0 Å². The summed E-state index contributed by atoms with van der Waals surface area (Å²) in [7, 11) is 0. The summed E-state index contributed by atoms with van der Waals surface area (Å²) >= 11 is 0. The second kappa shape index (κ2) is 66.7. The summed E-state index contributed by atoms with van der Waals surface area (Å²) in [6, 6.07) is 0. The van der Waals surface area contributed by atoms with Crippen molar-refractivity contribution in [2.75, 3.05) is 13.2 Å². The highest BCUT2D eigenvalue weighted by atomic mass is 16.6. The molecule has 0 radical (unpaired) electrons. The van der Waals surface area contributed by atoms with Gasteiger partial charge in [0.25, 0.3) is 0 Å². The summed E-state index contributed by atoms with van der Waals surface area (Å²) in [5, 5.41) is 0. The zero-order valence-corrected chi connectivity index (χ0v) is 52.5. The van der Waals surface area contributed by atoms with Crippen molar-refractivity contribution in [3.63, 3.8) is 0 Å². The van der Waals surface area contributed by atoms with Crippen molar-refractivity contribution in [2.45, 2.75) is 412 Å². The fraction of sp³-hybridized carbons (Fsp3) is 0.930. The van der Waals surface area contributed by atoms with Crippen molar-refractivity contribution < 1.29 is 28.6 Å². The number of allylic oxidation sites excluding steroid dienone is 2. The van der Waals surface area contributed by atoms with Crippen LogP contribution in [0, 0.1) is 0 Å². The molecule has 0 aromatic carbocycles. The smallest absolute Gasteiger partial charge is 0.306 e. The molecule has 6 nitrogen and oxygen atoms in total. The van der Waals surface area contributed by atoms with Gasteiger partial charge in [0, 0.05) is 19.3 Å². The number of unbranched alkanes of at least 4 members (excludes halogenated alkanes) is 53. The molecule has 0 bridgehead atoms. The largest absolute Gasteiger partial charge is 0.462 e. The zero-order chi connectivity index (χ0) is 55.7. The van der Waals surface area contributed by atoms with Crippen LogP contribution in [-0.4, -0.2) is 37.2 Å². The van der Waals surface area contributed by atoms with Crippen LogP contribution in [0.15, 0.2) is 12.2 Å². The Labute approximate surface area is 481 Å². The highest BCUT2D eigenvalue weighted by Gasteiger charge is 2.19. The van der Waals surface area contributed by atoms with Gasteiger partial charge in [-0.25, -0.2) is 0 Å². The Hall–Kier alpha value is -1.85. The van der Waals surface area contributed by atoms with Crippen LogP contribution in [0.4, 0.5) is 0 Å². The summed E-state index contributed by atoms with van der Waals surface area (Å²) < 4.78 is 16.9. The average Bonchev–Trinajstić information content (AvgIpc) is 3.43. The average molecular weight is 1090 g/mol. The van der Waals surface area contributed by atoms with Gasteiger partial charge in [0.05, 0.1) is 0 Å². The molecular weight excluding hydrogens is 949 g/mol. The third-order valence-corrected chi connectivity index (χ3v) is 16.3. The normalized spacial score (nSPS) is 12.0. The Bertz CT molecular complexity index is 1200. The van der Waals surface area contributed by atoms with E-state index in [1.165, 1.54) is 308 Å². The van der Waals surface area contributed by atoms with Crippen LogP contribution in [0.2, 0.25) is 0 Å². The lowest BCUT2D eigenvalue weighted by molar-refractivity contribution is -0.167. The number of hydrogen-bond acceptors (Lipinski definition) is 6. The first-order valence-electron chi connectivity index (χ1n) is 35.2. The van der Waals surface area contributed by atoms with Crippen LogP contribution in [0.3, 0.4) is 0 Å². The second-order valence-electron chi connectivity index (χ2n) is 24.2. The lowest BCUT2D eigenvalue weighted by atomic mass is 10.0. The zero-order valence-electron chi connectivity index (χ0n) is 52.5. The minimum absolute atomic E-state index is 0.0656. The molecule has 1 atom stereocenters. The molecule has 456 valence electrons. The van der Waals surface area contributed by atoms with Gasteiger partial charge in [-0.05, 0) is 44.9 Å². The third kappa shape index (κ3) is 64.9. The maximum absolute atomic E-state index is 12.9. The number of esters is 3. The number of rotatable bonds is 66. The summed E-state index contributed by atoms with van der Waals surface area (Å²) in [6.45, 7) is 6.69. The fourth-order valence-corrected chi connectivity index (χ4v) is 11.0. The molecule has 0 saturated heterocycles. The molecule has 0 aliphatic carbocycles. The minimum atomic E-state index is -0.767. The number of ether oxygens (including phenoxy) is 3. The van der Waals surface area contributed by atoms with Gasteiger partial charge in [-0.1, -0.05) is 354 Å². The Morgan fingerprint density at radius 3 is 0.649 bits per heavy atom. The van der Waals surface area contributed by atoms with Crippen LogP contribution in [0.5, 0.6) is 0 Å². The lowest BCUT2D eigenvalue weighted by Gasteiger charge is -2.18. The molecule has 0 aromatic heterocycles. The minimum Gasteiger partial charge on any atom is -0.462 e. The molecule has 0 aliphatic rings. The lowest BCUT2D eigenvalue weighted by Crippen LogP contribution is -2.30. The van der Waals surface area contributed by atoms with E-state index in [4.69, 9.17) is 14.2 Å². The number of carbonyl (C=O) groups excluding carboxylic acids is 3. The molecule has 0 amide bonds. The maximum atomic E-state index is 12.9. The van der Waals surface area contributed by atoms with Crippen molar-refractivity contribution >= 4 is 17.9 Å². The molecule has 0 aliphatic heterocycles. The van der Waals surface area contributed by atoms with Crippen LogP contribution in [-0.2, 0) is 28.6 Å². The van der Waals surface area contributed by atoms with Gasteiger partial charge in [0.15, 0.2) is 6.10 Å². The first-order valence-corrected chi connectivity index (χ1v) is 35.2. The first kappa shape index (κ1) is 75.2. The van der Waals surface area contributed by atoms with Crippen molar-refractivity contribution in [3.8, 4) is 0 Å². The van der Waals surface area contributed by atoms with E-state index < -0.39 is 6.10 Å². The predicted octanol–water partition coefficient (Wildman–Crippen LogP) is 24.0. The van der Waals surface area contributed by atoms with E-state index in [0.717, 1.165) is 57.8 Å². The topological polar surface area (TPSA) is 78.9 Å². The van der Waals surface area contributed by atoms with Crippen molar-refractivity contribution in [3.05, 3.63) is 12.2 Å². The summed E-state index contributed by atoms with van der Waals surface area (Å²) in [6.07, 6.45) is 79.9. The molecule has 0 rings (SSSR count). The van der Waals surface area contributed by atoms with Crippen LogP contribution in [0.25, 0.3) is 0 Å². The maximum Gasteiger partial charge on any atom is 0.306 e. The molecule has 0 saturated carbocycles. The molecule has 0 spiro atoms. The van der Waals surface area contributed by atoms with Crippen LogP contribution >= 0.6 is 0 Å². The van der Waals surface area contributed by atoms with Crippen molar-refractivity contribution in [1.82, 2.24) is 0 Å². The molecular formula is C71H136O6. The molecule has 0 heterocycles. The number of carbonyl (C=O) groups is 3. The van der Waals surface area contributed by atoms with E-state index in [0.29, 0.717) is 19.3 Å². The number of hydrogen-bond donors (Lipinski definition) is 0. The molecule has 6 heteroatoms. The van der Waals surface area contributed by atoms with E-state index in [1.807, 2.05) is 0 Å². The molecule has 0 aromatic rings. The molecule has 0 N–H and O–H groups in total. The van der Waals surface area contributed by atoms with E-state index in [-0.39, 0.29) is 31.1 Å². The van der Waals surface area contributed by atoms with Crippen molar-refractivity contribution in [1.29, 1.82) is 0 Å². The Morgan fingerprint density at radius 2 is 0.429 bits per heavy atom. The summed E-state index contributed by atoms with van der Waals surface area (Å²) in [4.78, 5) is 38.2. The highest BCUT2D eigenvalue weighted by molar-refractivity contribution is 5.71. The van der Waals surface area contributed by atoms with Crippen LogP contribution < -0.4 is 0 Å². The third-order valence-electron chi connectivity index (χ3n) is 16.3. The standard InChI is InChI=1S/C71H136O6/c1-4-7-10-13-16-19-21-23-25-27-29-30-31-32-33-34-35-36-37-38-39-40-41-42-44-45-47-49-52-55-58-61-64-70(73)76-67-68(66-75-69(72)63-60-57-54-51-18-15-12-9-6-3)77-71(74)65-62-59-56-53-50-48-46-43-28-26-24-22-20-17-14-11-8-5-2/h26,28,68H,4-25,27,29-67H2,1-3H3/b28-26-. The summed E-state index contributed by atoms with van der Waals surface area (Å²) in [5.41, 5.74) is 0. The first-order chi connectivity index (χ1) is 38.0. The molecule has 1 unspecified atom stereocenters. The van der Waals surface area contributed by atoms with Gasteiger partial charge in [-0.2, -0.15) is 0 Å². The predicted molar refractivity (Wildman–Crippen MR) is 335 cm³/mol. The van der Waals surface area contributed by atoms with E-state index in [9.17, 15) is 14.4 Å². The van der Waals surface area contributed by atoms with Gasteiger partial charge in [-0.15, -0.1) is 0 Å². The van der Waals surface area contributed by atoms with E-state index in [2.05, 4.69) is 32.9 Å². The SMILES string of the molecule is CCCCCCCCC/C=C\CCCCCCCCCC(=O)OC(COC(=O)CCCCCCCCCCC)COC(=O)CCCCCCCCCCCCCCCCCCCCCCCCCCCCCCCCCC. The monoisotopic (exact) mass is 1090 g/mol. The quantitative estimate of drug-likeness (QED) is 0.0261. The van der Waals surface area contributed by atoms with E-state index >= 15 is 0 Å². The Morgan fingerprint density at radius 1 is 0.247 bits per heavy atom. The Kier molecular flexibility index (Phi) is 65.1. The summed E-state index contributed by atoms with van der Waals surface area (Å²) in [5.74, 6) is -0.843.